The molecule has 0 atom stereocenters. The van der Waals surface area contributed by atoms with Crippen LogP contribution in [0.15, 0.2) is 42.8 Å². The van der Waals surface area contributed by atoms with Crippen molar-refractivity contribution in [3.63, 3.8) is 0 Å². The Bertz CT molecular complexity index is 562. The number of amides is 1. The number of hydrogen-bond acceptors (Lipinski definition) is 3. The van der Waals surface area contributed by atoms with Gasteiger partial charge >= 0.3 is 6.09 Å². The number of allylic oxidation sites excluding steroid dienone is 2. The lowest BCUT2D eigenvalue weighted by atomic mass is 9.93. The van der Waals surface area contributed by atoms with Crippen LogP contribution in [0.2, 0.25) is 0 Å². The second kappa shape index (κ2) is 9.03. The molecule has 1 aliphatic heterocycles. The van der Waals surface area contributed by atoms with Gasteiger partial charge in [0.15, 0.2) is 0 Å². The van der Waals surface area contributed by atoms with Crippen molar-refractivity contribution in [3.8, 4) is 5.75 Å². The predicted molar refractivity (Wildman–Crippen MR) is 93.6 cm³/mol. The topological polar surface area (TPSA) is 38.8 Å². The van der Waals surface area contributed by atoms with Gasteiger partial charge in [0, 0.05) is 18.3 Å². The second-order valence-electron chi connectivity index (χ2n) is 5.27. The first kappa shape index (κ1) is 18.8. The lowest BCUT2D eigenvalue weighted by Crippen LogP contribution is -2.21. The van der Waals surface area contributed by atoms with Gasteiger partial charge in [0.25, 0.3) is 0 Å². The highest BCUT2D eigenvalue weighted by Gasteiger charge is 2.16. The van der Waals surface area contributed by atoms with Gasteiger partial charge in [-0.3, -0.25) is 4.90 Å². The van der Waals surface area contributed by atoms with E-state index in [4.69, 9.17) is 4.74 Å². The summed E-state index contributed by atoms with van der Waals surface area (Å²) in [6.45, 7) is 10.1. The molecule has 2 rings (SSSR count). The third-order valence-electron chi connectivity index (χ3n) is 3.28. The predicted octanol–water partition coefficient (Wildman–Crippen LogP) is 5.00. The van der Waals surface area contributed by atoms with E-state index in [1.807, 2.05) is 45.9 Å². The summed E-state index contributed by atoms with van der Waals surface area (Å²) in [7, 11) is 1.37. The minimum atomic E-state index is -0.394. The van der Waals surface area contributed by atoms with Crippen LogP contribution < -0.4 is 4.74 Å². The van der Waals surface area contributed by atoms with Gasteiger partial charge in [-0.2, -0.15) is 0 Å². The fourth-order valence-electron chi connectivity index (χ4n) is 2.24. The largest absolute Gasteiger partial charge is 0.491 e. The van der Waals surface area contributed by atoms with Gasteiger partial charge in [-0.25, -0.2) is 4.79 Å². The molecule has 1 amide bonds. The van der Waals surface area contributed by atoms with Gasteiger partial charge in [0.1, 0.15) is 5.75 Å². The molecule has 4 nitrogen and oxygen atoms in total. The molecular formula is C19H27NO3. The fourth-order valence-corrected chi connectivity index (χ4v) is 2.24. The van der Waals surface area contributed by atoms with Crippen LogP contribution in [0.3, 0.4) is 0 Å². The third kappa shape index (κ3) is 5.16. The highest BCUT2D eigenvalue weighted by atomic mass is 16.5. The number of ether oxygens (including phenoxy) is 2. The van der Waals surface area contributed by atoms with Crippen LogP contribution in [-0.2, 0) is 4.74 Å². The number of rotatable bonds is 3. The number of carbonyl (C=O) groups excluding carboxylic acids is 1. The van der Waals surface area contributed by atoms with E-state index in [2.05, 4.69) is 23.8 Å². The van der Waals surface area contributed by atoms with Gasteiger partial charge in [-0.05, 0) is 44.0 Å². The minimum absolute atomic E-state index is 0.126. The van der Waals surface area contributed by atoms with E-state index in [0.29, 0.717) is 0 Å². The Labute approximate surface area is 139 Å². The minimum Gasteiger partial charge on any atom is -0.491 e. The molecular weight excluding hydrogens is 290 g/mol. The van der Waals surface area contributed by atoms with Crippen molar-refractivity contribution in [1.29, 1.82) is 0 Å². The maximum Gasteiger partial charge on any atom is 0.417 e. The standard InChI is InChI=1S/C17H21NO3.C2H6/c1-12(2)21-15-6-5-13(3)16(11-15)14-7-9-18(10-8-14)17(19)20-4;1-2/h5-12,14H,1-4H3;1-2H3. The molecule has 0 bridgehead atoms. The zero-order chi connectivity index (χ0) is 17.4. The van der Waals surface area contributed by atoms with Crippen LogP contribution in [0.5, 0.6) is 5.75 Å². The van der Waals surface area contributed by atoms with Crippen LogP contribution in [0.1, 0.15) is 44.7 Å². The van der Waals surface area contributed by atoms with Crippen molar-refractivity contribution < 1.29 is 14.3 Å². The summed E-state index contributed by atoms with van der Waals surface area (Å²) in [4.78, 5) is 12.9. The zero-order valence-electron chi connectivity index (χ0n) is 14.9. The Morgan fingerprint density at radius 2 is 1.78 bits per heavy atom. The van der Waals surface area contributed by atoms with E-state index in [9.17, 15) is 4.79 Å². The van der Waals surface area contributed by atoms with E-state index in [-0.39, 0.29) is 12.0 Å². The summed E-state index contributed by atoms with van der Waals surface area (Å²) in [6.07, 6.45) is 7.15. The van der Waals surface area contributed by atoms with Gasteiger partial charge in [0.05, 0.1) is 13.2 Å². The molecule has 23 heavy (non-hydrogen) atoms. The van der Waals surface area contributed by atoms with Gasteiger partial charge < -0.3 is 9.47 Å². The first-order chi connectivity index (χ1) is 11.0. The summed E-state index contributed by atoms with van der Waals surface area (Å²) in [5.41, 5.74) is 2.36. The van der Waals surface area contributed by atoms with Crippen molar-refractivity contribution in [1.82, 2.24) is 4.90 Å². The lowest BCUT2D eigenvalue weighted by Gasteiger charge is -2.21. The molecule has 0 saturated carbocycles. The van der Waals surface area contributed by atoms with E-state index >= 15 is 0 Å². The quantitative estimate of drug-likeness (QED) is 0.787. The lowest BCUT2D eigenvalue weighted by molar-refractivity contribution is 0.151. The molecule has 0 spiro atoms. The van der Waals surface area contributed by atoms with Crippen LogP contribution in [0.25, 0.3) is 0 Å². The first-order valence-electron chi connectivity index (χ1n) is 8.01. The number of aryl methyl sites for hydroxylation is 1. The summed E-state index contributed by atoms with van der Waals surface area (Å²) in [5.74, 6) is 0.990. The number of benzene rings is 1. The van der Waals surface area contributed by atoms with E-state index in [1.54, 1.807) is 12.4 Å². The molecule has 0 fully saturated rings. The molecule has 0 radical (unpaired) electrons. The average Bonchev–Trinajstić information content (AvgIpc) is 2.57. The van der Waals surface area contributed by atoms with Gasteiger partial charge in [0.2, 0.25) is 0 Å². The zero-order valence-corrected chi connectivity index (χ0v) is 14.9. The van der Waals surface area contributed by atoms with Gasteiger partial charge in [-0.1, -0.05) is 32.1 Å². The molecule has 1 aromatic carbocycles. The Hall–Kier alpha value is -2.23. The maximum atomic E-state index is 11.4. The van der Waals surface area contributed by atoms with Crippen LogP contribution >= 0.6 is 0 Å². The smallest absolute Gasteiger partial charge is 0.417 e. The average molecular weight is 317 g/mol. The van der Waals surface area contributed by atoms with E-state index in [1.165, 1.54) is 23.1 Å². The molecule has 0 aliphatic carbocycles. The van der Waals surface area contributed by atoms with Gasteiger partial charge in [-0.15, -0.1) is 0 Å². The Balaban J connectivity index is 0.00000127. The number of methoxy groups -OCH3 is 1. The summed E-state index contributed by atoms with van der Waals surface area (Å²) in [6, 6.07) is 6.10. The van der Waals surface area contributed by atoms with Crippen LogP contribution in [-0.4, -0.2) is 24.2 Å². The number of hydrogen-bond donors (Lipinski definition) is 0. The second-order valence-corrected chi connectivity index (χ2v) is 5.27. The molecule has 4 heteroatoms. The van der Waals surface area contributed by atoms with Crippen molar-refractivity contribution in [3.05, 3.63) is 53.9 Å². The Morgan fingerprint density at radius 3 is 2.30 bits per heavy atom. The summed E-state index contributed by atoms with van der Waals surface area (Å²) >= 11 is 0. The normalized spacial score (nSPS) is 13.6. The molecule has 1 aliphatic rings. The monoisotopic (exact) mass is 317 g/mol. The number of nitrogens with zero attached hydrogens (tertiary/aromatic N) is 1. The van der Waals surface area contributed by atoms with Crippen molar-refractivity contribution in [2.75, 3.05) is 7.11 Å². The van der Waals surface area contributed by atoms with E-state index in [0.717, 1.165) is 5.75 Å². The molecule has 0 saturated heterocycles. The van der Waals surface area contributed by atoms with Crippen molar-refractivity contribution in [2.24, 2.45) is 0 Å². The molecule has 0 N–H and O–H groups in total. The molecule has 0 aromatic heterocycles. The van der Waals surface area contributed by atoms with Crippen molar-refractivity contribution >= 4 is 6.09 Å². The van der Waals surface area contributed by atoms with Crippen LogP contribution in [0, 0.1) is 6.92 Å². The SMILES string of the molecule is CC.COC(=O)N1C=CC(c2cc(OC(C)C)ccc2C)C=C1. The van der Waals surface area contributed by atoms with Crippen LogP contribution in [0.4, 0.5) is 4.79 Å². The third-order valence-corrected chi connectivity index (χ3v) is 3.28. The fraction of sp³-hybridized carbons (Fsp3) is 0.421. The summed E-state index contributed by atoms with van der Waals surface area (Å²) in [5, 5.41) is 0. The maximum absolute atomic E-state index is 11.4. The molecule has 0 unspecified atom stereocenters. The molecule has 126 valence electrons. The highest BCUT2D eigenvalue weighted by molar-refractivity contribution is 5.70. The molecule has 1 heterocycles. The Kier molecular flexibility index (Phi) is 7.39. The highest BCUT2D eigenvalue weighted by Crippen LogP contribution is 2.29. The Morgan fingerprint density at radius 1 is 1.17 bits per heavy atom. The molecule has 1 aromatic rings. The first-order valence-corrected chi connectivity index (χ1v) is 8.01. The van der Waals surface area contributed by atoms with Crippen molar-refractivity contribution in [2.45, 2.75) is 46.6 Å². The number of carbonyl (C=O) groups is 1. The van der Waals surface area contributed by atoms with E-state index < -0.39 is 6.09 Å². The summed E-state index contributed by atoms with van der Waals surface area (Å²) < 4.78 is 10.4.